The molecule has 0 saturated carbocycles. The molecule has 0 rings (SSSR count). The Labute approximate surface area is 108 Å². The number of aliphatic hydroxyl groups excluding tert-OH is 1. The molecule has 0 aromatic heterocycles. The molecular weight excluding hydrogens is 236 g/mol. The van der Waals surface area contributed by atoms with E-state index in [1.54, 1.807) is 6.92 Å². The fourth-order valence-corrected chi connectivity index (χ4v) is 0.717. The van der Waals surface area contributed by atoms with E-state index in [2.05, 4.69) is 13.2 Å². The van der Waals surface area contributed by atoms with Gasteiger partial charge in [-0.25, -0.2) is 9.59 Å². The number of carboxylic acids is 1. The lowest BCUT2D eigenvalue weighted by atomic mass is 10.2. The number of aliphatic carboxylic acids is 1. The number of carboxylic acid groups (broad SMARTS) is 1. The topological polar surface area (TPSA) is 83.8 Å². The van der Waals surface area contributed by atoms with Crippen LogP contribution in [0.3, 0.4) is 0 Å². The van der Waals surface area contributed by atoms with E-state index in [9.17, 15) is 9.59 Å². The molecule has 0 fully saturated rings. The van der Waals surface area contributed by atoms with Crippen LogP contribution in [0, 0.1) is 0 Å². The lowest BCUT2D eigenvalue weighted by molar-refractivity contribution is -0.139. The van der Waals surface area contributed by atoms with Gasteiger partial charge in [0.2, 0.25) is 0 Å². The van der Waals surface area contributed by atoms with Crippen molar-refractivity contribution >= 4 is 11.9 Å². The monoisotopic (exact) mass is 258 g/mol. The number of ether oxygens (including phenoxy) is 1. The maximum atomic E-state index is 10.6. The van der Waals surface area contributed by atoms with Crippen molar-refractivity contribution in [3.63, 3.8) is 0 Å². The number of carbonyl (C=O) groups excluding carboxylic acids is 1. The minimum Gasteiger partial charge on any atom is -0.478 e. The van der Waals surface area contributed by atoms with Gasteiger partial charge >= 0.3 is 11.9 Å². The Balaban J connectivity index is 0. The molecule has 5 heteroatoms. The van der Waals surface area contributed by atoms with Crippen LogP contribution in [-0.2, 0) is 14.3 Å². The quantitative estimate of drug-likeness (QED) is 0.538. The van der Waals surface area contributed by atoms with Gasteiger partial charge < -0.3 is 14.9 Å². The Bertz CT molecular complexity index is 264. The molecule has 0 unspecified atom stereocenters. The zero-order valence-electron chi connectivity index (χ0n) is 11.1. The molecule has 104 valence electrons. The minimum atomic E-state index is -0.983. The molecule has 18 heavy (non-hydrogen) atoms. The largest absolute Gasteiger partial charge is 0.478 e. The Kier molecular flexibility index (Phi) is 12.3. The number of carbonyl (C=O) groups is 2. The number of hydrogen-bond acceptors (Lipinski definition) is 4. The van der Waals surface area contributed by atoms with Crippen LogP contribution in [0.25, 0.3) is 0 Å². The minimum absolute atomic E-state index is 0.0201. The van der Waals surface area contributed by atoms with E-state index in [-0.39, 0.29) is 18.1 Å². The van der Waals surface area contributed by atoms with E-state index in [1.807, 2.05) is 6.92 Å². The third-order valence-electron chi connectivity index (χ3n) is 1.72. The summed E-state index contributed by atoms with van der Waals surface area (Å²) in [4.78, 5) is 20.6. The molecule has 0 amide bonds. The highest BCUT2D eigenvalue weighted by molar-refractivity contribution is 5.86. The predicted molar refractivity (Wildman–Crippen MR) is 69.2 cm³/mol. The van der Waals surface area contributed by atoms with Gasteiger partial charge in [-0.1, -0.05) is 20.1 Å². The van der Waals surface area contributed by atoms with E-state index in [0.29, 0.717) is 25.0 Å². The van der Waals surface area contributed by atoms with E-state index in [4.69, 9.17) is 14.9 Å². The van der Waals surface area contributed by atoms with Gasteiger partial charge in [-0.3, -0.25) is 0 Å². The highest BCUT2D eigenvalue weighted by Gasteiger charge is 2.01. The summed E-state index contributed by atoms with van der Waals surface area (Å²) in [6.45, 7) is 10.8. The third-order valence-corrected chi connectivity index (χ3v) is 1.72. The van der Waals surface area contributed by atoms with E-state index >= 15 is 0 Å². The molecule has 0 aliphatic rings. The van der Waals surface area contributed by atoms with Gasteiger partial charge in [0.05, 0.1) is 6.61 Å². The lowest BCUT2D eigenvalue weighted by Crippen LogP contribution is -2.04. The van der Waals surface area contributed by atoms with Gasteiger partial charge in [0.25, 0.3) is 0 Å². The van der Waals surface area contributed by atoms with Crippen molar-refractivity contribution < 1.29 is 24.5 Å². The van der Waals surface area contributed by atoms with Gasteiger partial charge in [-0.15, -0.1) is 0 Å². The molecule has 5 nitrogen and oxygen atoms in total. The van der Waals surface area contributed by atoms with Crippen LogP contribution >= 0.6 is 0 Å². The fourth-order valence-electron chi connectivity index (χ4n) is 0.717. The zero-order valence-corrected chi connectivity index (χ0v) is 11.1. The highest BCUT2D eigenvalue weighted by Crippen LogP contribution is 2.00. The predicted octanol–water partition coefficient (Wildman–Crippen LogP) is 1.92. The Morgan fingerprint density at radius 1 is 1.28 bits per heavy atom. The summed E-state index contributed by atoms with van der Waals surface area (Å²) < 4.78 is 4.71. The highest BCUT2D eigenvalue weighted by atomic mass is 16.5. The summed E-state index contributed by atoms with van der Waals surface area (Å²) >= 11 is 0. The van der Waals surface area contributed by atoms with Crippen molar-refractivity contribution in [1.29, 1.82) is 0 Å². The second-order valence-electron chi connectivity index (χ2n) is 3.65. The van der Waals surface area contributed by atoms with Crippen molar-refractivity contribution in [2.45, 2.75) is 33.1 Å². The van der Waals surface area contributed by atoms with Crippen molar-refractivity contribution in [2.75, 3.05) is 13.2 Å². The molecule has 0 aromatic rings. The van der Waals surface area contributed by atoms with Gasteiger partial charge in [0.1, 0.15) is 0 Å². The van der Waals surface area contributed by atoms with Gasteiger partial charge in [0, 0.05) is 17.8 Å². The Morgan fingerprint density at radius 3 is 2.17 bits per heavy atom. The average Bonchev–Trinajstić information content (AvgIpc) is 2.33. The number of esters is 1. The first-order chi connectivity index (χ1) is 8.36. The van der Waals surface area contributed by atoms with Crippen LogP contribution in [0.2, 0.25) is 0 Å². The Hall–Kier alpha value is -1.62. The van der Waals surface area contributed by atoms with Gasteiger partial charge in [-0.2, -0.15) is 0 Å². The molecule has 0 aromatic carbocycles. The van der Waals surface area contributed by atoms with Crippen LogP contribution in [0.5, 0.6) is 0 Å². The molecule has 0 aliphatic carbocycles. The summed E-state index contributed by atoms with van der Waals surface area (Å²) in [5.41, 5.74) is 0.618. The van der Waals surface area contributed by atoms with Crippen molar-refractivity contribution in [3.8, 4) is 0 Å². The van der Waals surface area contributed by atoms with Gasteiger partial charge in [-0.05, 0) is 26.2 Å². The number of rotatable bonds is 7. The molecule has 0 heterocycles. The van der Waals surface area contributed by atoms with E-state index in [1.165, 1.54) is 0 Å². The first-order valence-corrected chi connectivity index (χ1v) is 5.71. The zero-order chi connectivity index (χ0) is 14.6. The third kappa shape index (κ3) is 12.4. The SMILES string of the molecule is C=C(C)C(=O)OCCC.C=C(CCCO)C(=O)O. The molecule has 0 saturated heterocycles. The van der Waals surface area contributed by atoms with E-state index in [0.717, 1.165) is 6.42 Å². The molecule has 0 bridgehead atoms. The van der Waals surface area contributed by atoms with Crippen molar-refractivity contribution in [1.82, 2.24) is 0 Å². The normalized spacial score (nSPS) is 8.83. The smallest absolute Gasteiger partial charge is 0.333 e. The second-order valence-corrected chi connectivity index (χ2v) is 3.65. The van der Waals surface area contributed by atoms with Crippen LogP contribution in [0.1, 0.15) is 33.1 Å². The van der Waals surface area contributed by atoms with Crippen LogP contribution in [0.15, 0.2) is 24.3 Å². The molecule has 2 N–H and O–H groups in total. The van der Waals surface area contributed by atoms with Crippen molar-refractivity contribution in [3.05, 3.63) is 24.3 Å². The van der Waals surface area contributed by atoms with E-state index < -0.39 is 5.97 Å². The van der Waals surface area contributed by atoms with Gasteiger partial charge in [0.15, 0.2) is 0 Å². The standard InChI is InChI=1S/C7H12O2.C6H10O3/c1-4-5-9-7(8)6(2)3;1-5(6(8)9)3-2-4-7/h2,4-5H2,1,3H3;7H,1-4H2,(H,8,9). The molecule has 0 aliphatic heterocycles. The lowest BCUT2D eigenvalue weighted by Gasteiger charge is -1.99. The molecule has 0 atom stereocenters. The average molecular weight is 258 g/mol. The van der Waals surface area contributed by atoms with Crippen LogP contribution < -0.4 is 0 Å². The summed E-state index contributed by atoms with van der Waals surface area (Å²) in [5.74, 6) is -1.28. The Morgan fingerprint density at radius 2 is 1.83 bits per heavy atom. The number of hydrogen-bond donors (Lipinski definition) is 2. The van der Waals surface area contributed by atoms with Crippen molar-refractivity contribution in [2.24, 2.45) is 0 Å². The first-order valence-electron chi connectivity index (χ1n) is 5.71. The second kappa shape index (κ2) is 11.9. The van der Waals surface area contributed by atoms with Crippen LogP contribution in [0.4, 0.5) is 0 Å². The van der Waals surface area contributed by atoms with Crippen LogP contribution in [-0.4, -0.2) is 35.4 Å². The maximum absolute atomic E-state index is 10.6. The summed E-state index contributed by atoms with van der Waals surface area (Å²) in [6, 6.07) is 0. The summed E-state index contributed by atoms with van der Waals surface area (Å²) in [5, 5.41) is 16.5. The molecule has 0 spiro atoms. The summed E-state index contributed by atoms with van der Waals surface area (Å²) in [7, 11) is 0. The fraction of sp³-hybridized carbons (Fsp3) is 0.538. The first kappa shape index (κ1) is 18.7. The maximum Gasteiger partial charge on any atom is 0.333 e. The molecule has 0 radical (unpaired) electrons. The summed E-state index contributed by atoms with van der Waals surface area (Å²) in [6.07, 6.45) is 1.70. The molecular formula is C13H22O5. The number of aliphatic hydroxyl groups is 1.